The van der Waals surface area contributed by atoms with Gasteiger partial charge in [0.25, 0.3) is 5.56 Å². The zero-order valence-electron chi connectivity index (χ0n) is 15.6. The predicted octanol–water partition coefficient (Wildman–Crippen LogP) is 0.330. The van der Waals surface area contributed by atoms with E-state index in [2.05, 4.69) is 30.8 Å². The summed E-state index contributed by atoms with van der Waals surface area (Å²) in [6, 6.07) is 3.44. The number of hydrogen-bond donors (Lipinski definition) is 0. The van der Waals surface area contributed by atoms with Crippen LogP contribution < -0.4 is 5.56 Å². The fraction of sp³-hybridized carbons (Fsp3) is 0.722. The summed E-state index contributed by atoms with van der Waals surface area (Å²) >= 11 is 0. The van der Waals surface area contributed by atoms with Gasteiger partial charge >= 0.3 is 0 Å². The highest BCUT2D eigenvalue weighted by Gasteiger charge is 2.32. The van der Waals surface area contributed by atoms with Crippen molar-refractivity contribution in [2.75, 3.05) is 39.8 Å². The smallest absolute Gasteiger partial charge is 0.266 e. The van der Waals surface area contributed by atoms with Crippen LogP contribution >= 0.6 is 0 Å². The predicted molar refractivity (Wildman–Crippen MR) is 94.5 cm³/mol. The van der Waals surface area contributed by atoms with Gasteiger partial charge in [0.1, 0.15) is 6.61 Å². The van der Waals surface area contributed by atoms with Gasteiger partial charge in [-0.3, -0.25) is 14.5 Å². The Morgan fingerprint density at radius 1 is 1.16 bits per heavy atom. The Balaban J connectivity index is 1.51. The quantitative estimate of drug-likeness (QED) is 0.784. The van der Waals surface area contributed by atoms with Crippen LogP contribution in [0.25, 0.3) is 0 Å². The van der Waals surface area contributed by atoms with Crippen LogP contribution in [0.5, 0.6) is 0 Å². The molecule has 0 radical (unpaired) electrons. The molecule has 7 heteroatoms. The Morgan fingerprint density at radius 2 is 1.88 bits per heavy atom. The summed E-state index contributed by atoms with van der Waals surface area (Å²) in [4.78, 5) is 27.6. The van der Waals surface area contributed by atoms with Crippen LogP contribution in [0.3, 0.4) is 0 Å². The van der Waals surface area contributed by atoms with Crippen LogP contribution in [0, 0.1) is 5.92 Å². The van der Waals surface area contributed by atoms with Gasteiger partial charge in [0.2, 0.25) is 5.91 Å². The number of rotatable bonds is 4. The lowest BCUT2D eigenvalue weighted by atomic mass is 9.92. The van der Waals surface area contributed by atoms with Gasteiger partial charge in [-0.25, -0.2) is 4.68 Å². The van der Waals surface area contributed by atoms with Crippen molar-refractivity contribution in [3.8, 4) is 0 Å². The number of ether oxygens (including phenoxy) is 1. The molecule has 3 rings (SSSR count). The molecule has 1 unspecified atom stereocenters. The number of aromatic nitrogens is 2. The minimum absolute atomic E-state index is 0.0396. The first-order valence-electron chi connectivity index (χ1n) is 8.89. The van der Waals surface area contributed by atoms with Crippen molar-refractivity contribution in [1.29, 1.82) is 0 Å². The van der Waals surface area contributed by atoms with E-state index in [-0.39, 0.29) is 29.6 Å². The molecule has 1 atom stereocenters. The van der Waals surface area contributed by atoms with E-state index in [1.54, 1.807) is 15.6 Å². The molecule has 2 aliphatic rings. The van der Waals surface area contributed by atoms with Crippen LogP contribution in [0.4, 0.5) is 0 Å². The molecule has 1 aromatic heterocycles. The van der Waals surface area contributed by atoms with Gasteiger partial charge in [-0.2, -0.15) is 5.10 Å². The molecule has 3 heterocycles. The maximum atomic E-state index is 12.1. The third-order valence-electron chi connectivity index (χ3n) is 4.91. The second kappa shape index (κ2) is 6.88. The van der Waals surface area contributed by atoms with Crippen molar-refractivity contribution >= 4 is 5.91 Å². The number of amides is 1. The molecule has 25 heavy (non-hydrogen) atoms. The first-order valence-corrected chi connectivity index (χ1v) is 8.89. The highest BCUT2D eigenvalue weighted by Crippen LogP contribution is 2.21. The largest absolute Gasteiger partial charge is 0.365 e. The number of carbonyl (C=O) groups excluding carboxylic acids is 1. The van der Waals surface area contributed by atoms with Crippen molar-refractivity contribution in [3.05, 3.63) is 28.2 Å². The maximum absolute atomic E-state index is 12.1. The monoisotopic (exact) mass is 348 g/mol. The summed E-state index contributed by atoms with van der Waals surface area (Å²) in [6.45, 7) is 10.5. The fourth-order valence-corrected chi connectivity index (χ4v) is 3.32. The van der Waals surface area contributed by atoms with Crippen molar-refractivity contribution in [1.82, 2.24) is 19.6 Å². The molecule has 7 nitrogen and oxygen atoms in total. The zero-order chi connectivity index (χ0) is 18.2. The highest BCUT2D eigenvalue weighted by molar-refractivity contribution is 5.77. The lowest BCUT2D eigenvalue weighted by Crippen LogP contribution is -2.55. The van der Waals surface area contributed by atoms with Gasteiger partial charge in [-0.15, -0.1) is 0 Å². The molecule has 0 spiro atoms. The molecule has 0 saturated carbocycles. The number of hydrogen-bond acceptors (Lipinski definition) is 5. The minimum Gasteiger partial charge on any atom is -0.365 e. The topological polar surface area (TPSA) is 67.7 Å². The molecule has 2 fully saturated rings. The summed E-state index contributed by atoms with van der Waals surface area (Å²) < 4.78 is 7.20. The van der Waals surface area contributed by atoms with E-state index in [0.717, 1.165) is 25.3 Å². The third kappa shape index (κ3) is 4.27. The van der Waals surface area contributed by atoms with E-state index < -0.39 is 0 Å². The van der Waals surface area contributed by atoms with E-state index in [1.165, 1.54) is 0 Å². The molecule has 0 bridgehead atoms. The van der Waals surface area contributed by atoms with Gasteiger partial charge in [0.15, 0.2) is 0 Å². The number of likely N-dealkylation sites (tertiary alicyclic amines) is 1. The van der Waals surface area contributed by atoms with Crippen LogP contribution in [0.2, 0.25) is 0 Å². The van der Waals surface area contributed by atoms with Gasteiger partial charge in [0.05, 0.1) is 18.3 Å². The normalized spacial score (nSPS) is 23.0. The second-order valence-electron chi connectivity index (χ2n) is 8.28. The molecule has 0 aliphatic carbocycles. The molecule has 0 aromatic carbocycles. The van der Waals surface area contributed by atoms with Gasteiger partial charge in [-0.05, 0) is 6.07 Å². The molecule has 138 valence electrons. The van der Waals surface area contributed by atoms with Gasteiger partial charge in [0, 0.05) is 50.6 Å². The minimum atomic E-state index is -0.0666. The fourth-order valence-electron chi connectivity index (χ4n) is 3.32. The lowest BCUT2D eigenvalue weighted by Gasteiger charge is -2.42. The van der Waals surface area contributed by atoms with Crippen LogP contribution in [0.1, 0.15) is 26.5 Å². The highest BCUT2D eigenvalue weighted by atomic mass is 16.5. The standard InChI is InChI=1S/C18H28N4O3/c1-18(2,3)15-5-6-16(23)22(19-15)9-13-7-21(8-13)11-14-10-20(4)17(24)12-25-14/h5-6,13-14H,7-12H2,1-4H3. The van der Waals surface area contributed by atoms with E-state index in [1.807, 2.05) is 13.1 Å². The van der Waals surface area contributed by atoms with E-state index in [9.17, 15) is 9.59 Å². The van der Waals surface area contributed by atoms with Crippen LogP contribution in [-0.2, 0) is 21.5 Å². The van der Waals surface area contributed by atoms with Crippen molar-refractivity contribution in [2.45, 2.75) is 38.8 Å². The molecular formula is C18H28N4O3. The molecule has 0 N–H and O–H groups in total. The first kappa shape index (κ1) is 18.1. The number of carbonyl (C=O) groups is 1. The maximum Gasteiger partial charge on any atom is 0.266 e. The summed E-state index contributed by atoms with van der Waals surface area (Å²) in [5.41, 5.74) is 0.830. The average molecular weight is 348 g/mol. The summed E-state index contributed by atoms with van der Waals surface area (Å²) in [7, 11) is 1.82. The van der Waals surface area contributed by atoms with E-state index in [0.29, 0.717) is 19.0 Å². The molecule has 1 amide bonds. The van der Waals surface area contributed by atoms with Gasteiger partial charge in [-0.1, -0.05) is 20.8 Å². The SMILES string of the molecule is CN1CC(CN2CC(Cn3nc(C(C)(C)C)ccc3=O)C2)OCC1=O. The molecule has 2 saturated heterocycles. The van der Waals surface area contributed by atoms with Crippen LogP contribution in [-0.4, -0.2) is 71.4 Å². The molecule has 1 aromatic rings. The Labute approximate surface area is 148 Å². The first-order chi connectivity index (χ1) is 11.7. The van der Waals surface area contributed by atoms with Crippen molar-refractivity contribution < 1.29 is 9.53 Å². The molecule has 2 aliphatic heterocycles. The number of morpholine rings is 1. The summed E-state index contributed by atoms with van der Waals surface area (Å²) in [6.07, 6.45) is 0.0775. The Morgan fingerprint density at radius 3 is 2.52 bits per heavy atom. The Kier molecular flexibility index (Phi) is 4.97. The second-order valence-corrected chi connectivity index (χ2v) is 8.28. The number of nitrogens with zero attached hydrogens (tertiary/aromatic N) is 4. The average Bonchev–Trinajstić information content (AvgIpc) is 2.49. The van der Waals surface area contributed by atoms with Crippen molar-refractivity contribution in [2.24, 2.45) is 5.92 Å². The lowest BCUT2D eigenvalue weighted by molar-refractivity contribution is -0.148. The van der Waals surface area contributed by atoms with Gasteiger partial charge < -0.3 is 9.64 Å². The van der Waals surface area contributed by atoms with Crippen molar-refractivity contribution in [3.63, 3.8) is 0 Å². The third-order valence-corrected chi connectivity index (χ3v) is 4.91. The number of likely N-dealkylation sites (N-methyl/N-ethyl adjacent to an activating group) is 1. The zero-order valence-corrected chi connectivity index (χ0v) is 15.6. The Hall–Kier alpha value is -1.73. The Bertz CT molecular complexity index is 688. The summed E-state index contributed by atoms with van der Waals surface area (Å²) in [5.74, 6) is 0.477. The molecular weight excluding hydrogens is 320 g/mol. The van der Waals surface area contributed by atoms with E-state index in [4.69, 9.17) is 4.74 Å². The van der Waals surface area contributed by atoms with E-state index >= 15 is 0 Å². The summed E-state index contributed by atoms with van der Waals surface area (Å²) in [5, 5.41) is 4.54. The van der Waals surface area contributed by atoms with Crippen LogP contribution in [0.15, 0.2) is 16.9 Å².